The Morgan fingerprint density at radius 2 is 1.34 bits per heavy atom. The van der Waals surface area contributed by atoms with Gasteiger partial charge in [-0.15, -0.1) is 0 Å². The Morgan fingerprint density at radius 1 is 0.844 bits per heavy atom. The number of thiol groups is 1. The summed E-state index contributed by atoms with van der Waals surface area (Å²) in [6.45, 7) is 2.08. The maximum Gasteiger partial charge on any atom is 0.326 e. The van der Waals surface area contributed by atoms with Crippen LogP contribution >= 0.6 is 12.6 Å². The van der Waals surface area contributed by atoms with E-state index in [1.54, 1.807) is 0 Å². The van der Waals surface area contributed by atoms with Crippen molar-refractivity contribution >= 4 is 36.3 Å². The fourth-order valence-corrected chi connectivity index (χ4v) is 2.96. The number of nitrogens with one attached hydrogen (secondary N) is 3. The van der Waals surface area contributed by atoms with Crippen molar-refractivity contribution in [3.63, 3.8) is 0 Å². The van der Waals surface area contributed by atoms with Gasteiger partial charge in [-0.3, -0.25) is 14.4 Å². The smallest absolute Gasteiger partial charge is 0.326 e. The number of carboxylic acid groups (broad SMARTS) is 1. The average molecular weight is 479 g/mol. The van der Waals surface area contributed by atoms with Gasteiger partial charge in [0.15, 0.2) is 0 Å². The molecule has 0 heterocycles. The molecule has 0 aliphatic heterocycles. The third-order valence-corrected chi connectivity index (χ3v) is 5.13. The summed E-state index contributed by atoms with van der Waals surface area (Å²) in [7, 11) is 0. The summed E-state index contributed by atoms with van der Waals surface area (Å²) >= 11 is 3.96. The number of aliphatic hydroxyl groups excluding tert-OH is 1. The van der Waals surface area contributed by atoms with Gasteiger partial charge in [0.25, 0.3) is 0 Å². The van der Waals surface area contributed by atoms with E-state index >= 15 is 0 Å². The molecule has 0 saturated carbocycles. The predicted octanol–water partition coefficient (Wildman–Crippen LogP) is -2.58. The molecule has 0 aliphatic rings. The van der Waals surface area contributed by atoms with Crippen molar-refractivity contribution < 1.29 is 29.4 Å². The summed E-state index contributed by atoms with van der Waals surface area (Å²) in [6, 6.07) is -4.57. The Labute approximate surface area is 193 Å². The Kier molecular flexibility index (Phi) is 15.7. The summed E-state index contributed by atoms with van der Waals surface area (Å²) in [5, 5.41) is 26.6. The fraction of sp³-hybridized carbons (Fsp3) is 0.789. The van der Waals surface area contributed by atoms with Crippen molar-refractivity contribution in [2.45, 2.75) is 75.7 Å². The molecule has 186 valence electrons. The first-order valence-corrected chi connectivity index (χ1v) is 11.3. The molecule has 0 fully saturated rings. The van der Waals surface area contributed by atoms with Crippen LogP contribution in [0.2, 0.25) is 0 Å². The number of amides is 3. The monoisotopic (exact) mass is 478 g/mol. The highest BCUT2D eigenvalue weighted by atomic mass is 32.1. The molecule has 0 aromatic rings. The maximum atomic E-state index is 12.8. The van der Waals surface area contributed by atoms with Gasteiger partial charge >= 0.3 is 5.97 Å². The lowest BCUT2D eigenvalue weighted by atomic mass is 10.0. The Bertz CT molecular complexity index is 609. The number of carbonyl (C=O) groups excluding carboxylic acids is 3. The molecule has 0 saturated heterocycles. The molecular weight excluding hydrogens is 440 g/mol. The Balaban J connectivity index is 5.30. The van der Waals surface area contributed by atoms with Crippen LogP contribution in [0.5, 0.6) is 0 Å². The largest absolute Gasteiger partial charge is 0.480 e. The summed E-state index contributed by atoms with van der Waals surface area (Å²) in [5.41, 5.74) is 16.5. The molecule has 32 heavy (non-hydrogen) atoms. The van der Waals surface area contributed by atoms with Crippen molar-refractivity contribution in [3.8, 4) is 0 Å². The van der Waals surface area contributed by atoms with Crippen molar-refractivity contribution in [1.82, 2.24) is 16.0 Å². The van der Waals surface area contributed by atoms with E-state index in [9.17, 15) is 29.4 Å². The van der Waals surface area contributed by atoms with Crippen LogP contribution in [-0.4, -0.2) is 83.0 Å². The van der Waals surface area contributed by atoms with Crippen LogP contribution < -0.4 is 33.2 Å². The maximum absolute atomic E-state index is 12.8. The SMILES string of the molecule is CC(O)C(NC(=O)C(CCCCN)NC(=O)C(N)CS)C(=O)NC(CCCCN)C(=O)O. The molecule has 0 aliphatic carbocycles. The van der Waals surface area contributed by atoms with Crippen LogP contribution in [-0.2, 0) is 19.2 Å². The molecule has 5 atom stereocenters. The van der Waals surface area contributed by atoms with Crippen LogP contribution in [0.3, 0.4) is 0 Å². The first kappa shape index (κ1) is 30.1. The topological polar surface area (TPSA) is 223 Å². The minimum Gasteiger partial charge on any atom is -0.480 e. The molecule has 0 bridgehead atoms. The molecule has 0 radical (unpaired) electrons. The zero-order valence-corrected chi connectivity index (χ0v) is 19.4. The molecule has 0 aromatic carbocycles. The zero-order chi connectivity index (χ0) is 24.7. The van der Waals surface area contributed by atoms with Gasteiger partial charge < -0.3 is 43.4 Å². The van der Waals surface area contributed by atoms with Gasteiger partial charge in [-0.2, -0.15) is 12.6 Å². The minimum absolute atomic E-state index is 0.0718. The number of nitrogens with two attached hydrogens (primary N) is 3. The van der Waals surface area contributed by atoms with E-state index < -0.39 is 54.0 Å². The molecule has 12 nitrogen and oxygen atoms in total. The molecule has 5 unspecified atom stereocenters. The first-order valence-electron chi connectivity index (χ1n) is 10.7. The third-order valence-electron chi connectivity index (χ3n) is 4.74. The van der Waals surface area contributed by atoms with Gasteiger partial charge in [0.05, 0.1) is 12.1 Å². The summed E-state index contributed by atoms with van der Waals surface area (Å²) < 4.78 is 0. The van der Waals surface area contributed by atoms with Gasteiger partial charge in [-0.1, -0.05) is 0 Å². The normalized spacial score (nSPS) is 15.7. The first-order chi connectivity index (χ1) is 15.1. The molecule has 0 aromatic heterocycles. The van der Waals surface area contributed by atoms with Crippen LogP contribution in [0, 0.1) is 0 Å². The minimum atomic E-state index is -1.42. The lowest BCUT2D eigenvalue weighted by Gasteiger charge is -2.26. The zero-order valence-electron chi connectivity index (χ0n) is 18.5. The number of unbranched alkanes of at least 4 members (excludes halogenated alkanes) is 2. The van der Waals surface area contributed by atoms with E-state index in [1.165, 1.54) is 6.92 Å². The number of carbonyl (C=O) groups is 4. The third kappa shape index (κ3) is 11.6. The summed E-state index contributed by atoms with van der Waals surface area (Å²) in [4.78, 5) is 49.0. The highest BCUT2D eigenvalue weighted by molar-refractivity contribution is 7.80. The van der Waals surface area contributed by atoms with E-state index in [-0.39, 0.29) is 18.6 Å². The quantitative estimate of drug-likeness (QED) is 0.0789. The molecule has 0 rings (SSSR count). The van der Waals surface area contributed by atoms with Gasteiger partial charge in [-0.05, 0) is 58.5 Å². The van der Waals surface area contributed by atoms with E-state index in [0.717, 1.165) is 0 Å². The van der Waals surface area contributed by atoms with Gasteiger partial charge in [0, 0.05) is 5.75 Å². The molecule has 3 amide bonds. The summed E-state index contributed by atoms with van der Waals surface area (Å²) in [6.07, 6.45) is 1.28. The predicted molar refractivity (Wildman–Crippen MR) is 123 cm³/mol. The van der Waals surface area contributed by atoms with Crippen LogP contribution in [0.25, 0.3) is 0 Å². The van der Waals surface area contributed by atoms with Crippen molar-refractivity contribution in [3.05, 3.63) is 0 Å². The highest BCUT2D eigenvalue weighted by Crippen LogP contribution is 2.06. The van der Waals surface area contributed by atoms with Crippen LogP contribution in [0.1, 0.15) is 45.4 Å². The molecule has 11 N–H and O–H groups in total. The Morgan fingerprint density at radius 3 is 1.78 bits per heavy atom. The number of aliphatic hydroxyl groups is 1. The fourth-order valence-electron chi connectivity index (χ4n) is 2.79. The number of rotatable bonds is 17. The van der Waals surface area contributed by atoms with E-state index in [0.29, 0.717) is 38.8 Å². The number of hydrogen-bond acceptors (Lipinski definition) is 9. The summed E-state index contributed by atoms with van der Waals surface area (Å²) in [5.74, 6) is -3.32. The van der Waals surface area contributed by atoms with E-state index in [2.05, 4.69) is 28.6 Å². The second-order valence-corrected chi connectivity index (χ2v) is 7.91. The van der Waals surface area contributed by atoms with E-state index in [4.69, 9.17) is 17.2 Å². The van der Waals surface area contributed by atoms with Gasteiger partial charge in [0.2, 0.25) is 17.7 Å². The average Bonchev–Trinajstić information content (AvgIpc) is 2.74. The lowest BCUT2D eigenvalue weighted by Crippen LogP contribution is -2.59. The molecule has 0 spiro atoms. The second-order valence-electron chi connectivity index (χ2n) is 7.55. The second kappa shape index (κ2) is 16.7. The molecule has 13 heteroatoms. The lowest BCUT2D eigenvalue weighted by molar-refractivity contribution is -0.143. The Hall–Kier alpha value is -1.93. The number of carboxylic acids is 1. The number of hydrogen-bond donors (Lipinski definition) is 9. The standard InChI is InChI=1S/C19H38N6O6S/c1-11(26)15(18(29)24-14(19(30)31)7-3-5-9-21)25-17(28)13(6-2-4-8-20)23-16(27)12(22)10-32/h11-15,26,32H,2-10,20-22H2,1H3,(H,23,27)(H,24,29)(H,25,28)(H,30,31). The van der Waals surface area contributed by atoms with Gasteiger partial charge in [0.1, 0.15) is 18.1 Å². The van der Waals surface area contributed by atoms with Crippen LogP contribution in [0.4, 0.5) is 0 Å². The molecular formula is C19H38N6O6S. The van der Waals surface area contributed by atoms with Crippen molar-refractivity contribution in [2.75, 3.05) is 18.8 Å². The van der Waals surface area contributed by atoms with Crippen molar-refractivity contribution in [1.29, 1.82) is 0 Å². The van der Waals surface area contributed by atoms with E-state index in [1.807, 2.05) is 0 Å². The van der Waals surface area contributed by atoms with Crippen LogP contribution in [0.15, 0.2) is 0 Å². The van der Waals surface area contributed by atoms with Gasteiger partial charge in [-0.25, -0.2) is 4.79 Å². The number of aliphatic carboxylic acids is 1. The highest BCUT2D eigenvalue weighted by Gasteiger charge is 2.32. The van der Waals surface area contributed by atoms with Crippen molar-refractivity contribution in [2.24, 2.45) is 17.2 Å².